The number of hydrogen-bond donors (Lipinski definition) is 0. The Labute approximate surface area is 200 Å². The third-order valence-electron chi connectivity index (χ3n) is 6.92. The first-order chi connectivity index (χ1) is 15.9. The molecule has 2 aromatic rings. The van der Waals surface area contributed by atoms with Crippen molar-refractivity contribution in [3.8, 4) is 0 Å². The fourth-order valence-electron chi connectivity index (χ4n) is 5.04. The van der Waals surface area contributed by atoms with Gasteiger partial charge in [0.1, 0.15) is 0 Å². The molecular formula is C26H30ClN3O3. The second kappa shape index (κ2) is 9.18. The lowest BCUT2D eigenvalue weighted by molar-refractivity contribution is -0.186. The van der Waals surface area contributed by atoms with Gasteiger partial charge in [0, 0.05) is 42.9 Å². The number of benzene rings is 2. The molecule has 1 spiro atoms. The zero-order valence-electron chi connectivity index (χ0n) is 19.2. The second-order valence-electron chi connectivity index (χ2n) is 9.23. The Bertz CT molecular complexity index is 1070. The molecule has 2 fully saturated rings. The molecule has 7 heteroatoms. The number of amides is 1. The van der Waals surface area contributed by atoms with E-state index < -0.39 is 5.79 Å². The van der Waals surface area contributed by atoms with Gasteiger partial charge in [-0.25, -0.2) is 5.01 Å². The summed E-state index contributed by atoms with van der Waals surface area (Å²) in [7, 11) is 0. The van der Waals surface area contributed by atoms with Gasteiger partial charge in [-0.15, -0.1) is 0 Å². The minimum absolute atomic E-state index is 0.00978. The number of carbonyl (C=O) groups is 1. The highest BCUT2D eigenvalue weighted by molar-refractivity contribution is 6.31. The quantitative estimate of drug-likeness (QED) is 0.665. The molecule has 2 saturated heterocycles. The van der Waals surface area contributed by atoms with Gasteiger partial charge in [-0.2, -0.15) is 5.10 Å². The third-order valence-corrected chi connectivity index (χ3v) is 7.27. The van der Waals surface area contributed by atoms with Crippen molar-refractivity contribution in [3.05, 3.63) is 69.7 Å². The van der Waals surface area contributed by atoms with E-state index in [1.54, 1.807) is 5.01 Å². The van der Waals surface area contributed by atoms with Crippen LogP contribution in [0.2, 0.25) is 5.02 Å². The Kier molecular flexibility index (Phi) is 6.27. The van der Waals surface area contributed by atoms with Gasteiger partial charge >= 0.3 is 0 Å². The van der Waals surface area contributed by atoms with E-state index in [1.165, 1.54) is 5.56 Å². The summed E-state index contributed by atoms with van der Waals surface area (Å²) in [6.07, 6.45) is 2.21. The number of nitrogens with zero attached hydrogens (tertiary/aromatic N) is 3. The van der Waals surface area contributed by atoms with Crippen LogP contribution in [0.5, 0.6) is 0 Å². The zero-order valence-corrected chi connectivity index (χ0v) is 20.0. The summed E-state index contributed by atoms with van der Waals surface area (Å²) in [5, 5.41) is 7.18. The SMILES string of the molecule is Cc1ccc(C)c(C2=NN(C(=O)CN3CCC4(CC3)OCCO4)C(c3ccccc3Cl)C2)c1. The number of halogens is 1. The van der Waals surface area contributed by atoms with Gasteiger partial charge in [0.25, 0.3) is 5.91 Å². The summed E-state index contributed by atoms with van der Waals surface area (Å²) in [6, 6.07) is 13.9. The molecule has 1 amide bonds. The summed E-state index contributed by atoms with van der Waals surface area (Å²) < 4.78 is 11.7. The predicted octanol–water partition coefficient (Wildman–Crippen LogP) is 4.47. The van der Waals surface area contributed by atoms with E-state index in [2.05, 4.69) is 36.9 Å². The van der Waals surface area contributed by atoms with Crippen molar-refractivity contribution in [2.75, 3.05) is 32.8 Å². The first kappa shape index (κ1) is 22.5. The Hall–Kier alpha value is -2.25. The summed E-state index contributed by atoms with van der Waals surface area (Å²) in [6.45, 7) is 7.33. The molecule has 0 aliphatic carbocycles. The monoisotopic (exact) mass is 467 g/mol. The molecule has 0 bridgehead atoms. The molecule has 0 aromatic heterocycles. The summed E-state index contributed by atoms with van der Waals surface area (Å²) in [5.74, 6) is -0.453. The Morgan fingerprint density at radius 1 is 1.12 bits per heavy atom. The Balaban J connectivity index is 1.38. The number of rotatable bonds is 4. The normalized spacial score (nSPS) is 22.7. The van der Waals surface area contributed by atoms with Crippen LogP contribution in [0.3, 0.4) is 0 Å². The van der Waals surface area contributed by atoms with E-state index in [-0.39, 0.29) is 11.9 Å². The molecule has 1 unspecified atom stereocenters. The maximum atomic E-state index is 13.5. The van der Waals surface area contributed by atoms with Crippen LogP contribution < -0.4 is 0 Å². The minimum Gasteiger partial charge on any atom is -0.347 e. The molecule has 0 radical (unpaired) electrons. The largest absolute Gasteiger partial charge is 0.347 e. The number of ether oxygens (including phenoxy) is 2. The van der Waals surface area contributed by atoms with E-state index in [1.807, 2.05) is 24.3 Å². The van der Waals surface area contributed by atoms with Gasteiger partial charge in [0.2, 0.25) is 0 Å². The Morgan fingerprint density at radius 2 is 1.85 bits per heavy atom. The standard InChI is InChI=1S/C26H30ClN3O3/c1-18-7-8-19(2)21(15-18)23-16-24(20-5-3-4-6-22(20)27)30(28-23)25(31)17-29-11-9-26(10-12-29)32-13-14-33-26/h3-8,15,24H,9-14,16-17H2,1-2H3. The summed E-state index contributed by atoms with van der Waals surface area (Å²) in [5.41, 5.74) is 5.29. The minimum atomic E-state index is -0.443. The lowest BCUT2D eigenvalue weighted by Gasteiger charge is -2.37. The molecule has 174 valence electrons. The maximum Gasteiger partial charge on any atom is 0.257 e. The first-order valence-electron chi connectivity index (χ1n) is 11.7. The van der Waals surface area contributed by atoms with Gasteiger partial charge in [0.15, 0.2) is 5.79 Å². The van der Waals surface area contributed by atoms with Crippen LogP contribution in [-0.2, 0) is 14.3 Å². The van der Waals surface area contributed by atoms with Gasteiger partial charge in [-0.3, -0.25) is 9.69 Å². The smallest absolute Gasteiger partial charge is 0.257 e. The van der Waals surface area contributed by atoms with Crippen LogP contribution in [0.1, 0.15) is 47.6 Å². The lowest BCUT2D eigenvalue weighted by Crippen LogP contribution is -2.48. The van der Waals surface area contributed by atoms with Crippen molar-refractivity contribution in [2.24, 2.45) is 5.10 Å². The molecule has 0 saturated carbocycles. The summed E-state index contributed by atoms with van der Waals surface area (Å²) >= 11 is 6.56. The molecular weight excluding hydrogens is 438 g/mol. The summed E-state index contributed by atoms with van der Waals surface area (Å²) in [4.78, 5) is 15.7. The maximum absolute atomic E-state index is 13.5. The van der Waals surface area contributed by atoms with Gasteiger partial charge < -0.3 is 9.47 Å². The van der Waals surface area contributed by atoms with Crippen molar-refractivity contribution in [1.29, 1.82) is 0 Å². The highest BCUT2D eigenvalue weighted by Gasteiger charge is 2.41. The van der Waals surface area contributed by atoms with E-state index in [0.717, 1.165) is 48.3 Å². The fraction of sp³-hybridized carbons (Fsp3) is 0.462. The van der Waals surface area contributed by atoms with Crippen molar-refractivity contribution in [3.63, 3.8) is 0 Å². The molecule has 6 nitrogen and oxygen atoms in total. The molecule has 2 aromatic carbocycles. The van der Waals surface area contributed by atoms with Crippen LogP contribution in [-0.4, -0.2) is 60.2 Å². The highest BCUT2D eigenvalue weighted by atomic mass is 35.5. The lowest BCUT2D eigenvalue weighted by atomic mass is 9.95. The molecule has 5 rings (SSSR count). The van der Waals surface area contributed by atoms with Gasteiger partial charge in [-0.05, 0) is 37.1 Å². The van der Waals surface area contributed by atoms with Crippen LogP contribution in [0.15, 0.2) is 47.6 Å². The van der Waals surface area contributed by atoms with E-state index in [0.29, 0.717) is 31.2 Å². The highest BCUT2D eigenvalue weighted by Crippen LogP contribution is 2.37. The van der Waals surface area contributed by atoms with Crippen LogP contribution >= 0.6 is 11.6 Å². The topological polar surface area (TPSA) is 54.4 Å². The molecule has 3 aliphatic rings. The van der Waals surface area contributed by atoms with E-state index in [4.69, 9.17) is 26.2 Å². The number of carbonyl (C=O) groups excluding carboxylic acids is 1. The van der Waals surface area contributed by atoms with Crippen LogP contribution in [0.4, 0.5) is 0 Å². The van der Waals surface area contributed by atoms with Crippen LogP contribution in [0, 0.1) is 13.8 Å². The molecule has 1 atom stereocenters. The predicted molar refractivity (Wildman–Crippen MR) is 128 cm³/mol. The molecule has 0 N–H and O–H groups in total. The number of hydrazone groups is 1. The first-order valence-corrected chi connectivity index (χ1v) is 12.0. The fourth-order valence-corrected chi connectivity index (χ4v) is 5.30. The number of hydrogen-bond acceptors (Lipinski definition) is 5. The van der Waals surface area contributed by atoms with Crippen LogP contribution in [0.25, 0.3) is 0 Å². The van der Waals surface area contributed by atoms with Crippen molar-refractivity contribution in [2.45, 2.75) is 44.9 Å². The number of piperidine rings is 1. The van der Waals surface area contributed by atoms with Gasteiger partial charge in [0.05, 0.1) is 31.5 Å². The Morgan fingerprint density at radius 3 is 2.58 bits per heavy atom. The third kappa shape index (κ3) is 4.58. The molecule has 3 aliphatic heterocycles. The van der Waals surface area contributed by atoms with E-state index >= 15 is 0 Å². The van der Waals surface area contributed by atoms with Crippen molar-refractivity contribution < 1.29 is 14.3 Å². The zero-order chi connectivity index (χ0) is 23.0. The number of likely N-dealkylation sites (tertiary alicyclic amines) is 1. The number of aryl methyl sites for hydroxylation is 2. The van der Waals surface area contributed by atoms with Gasteiger partial charge in [-0.1, -0.05) is 47.5 Å². The average molecular weight is 468 g/mol. The van der Waals surface area contributed by atoms with Crippen molar-refractivity contribution >= 4 is 23.2 Å². The molecule has 3 heterocycles. The molecule has 33 heavy (non-hydrogen) atoms. The second-order valence-corrected chi connectivity index (χ2v) is 9.64. The van der Waals surface area contributed by atoms with Crippen molar-refractivity contribution in [1.82, 2.24) is 9.91 Å². The average Bonchev–Trinajstić information content (AvgIpc) is 3.45. The van der Waals surface area contributed by atoms with E-state index in [9.17, 15) is 4.79 Å².